The molecule has 9 N–H and O–H groups in total. The quantitative estimate of drug-likeness (QED) is 0.0206. The van der Waals surface area contributed by atoms with Gasteiger partial charge in [0.1, 0.15) is 48.8 Å². The number of aliphatic hydroxyl groups is 8. The molecule has 2 rings (SSSR count). The van der Waals surface area contributed by atoms with Gasteiger partial charge >= 0.3 is 0 Å². The van der Waals surface area contributed by atoms with E-state index in [1.165, 1.54) is 77.0 Å². The molecule has 12 unspecified atom stereocenters. The van der Waals surface area contributed by atoms with E-state index in [2.05, 4.69) is 92.1 Å². The van der Waals surface area contributed by atoms with Crippen LogP contribution in [0.15, 0.2) is 85.1 Å². The maximum atomic E-state index is 13.2. The lowest BCUT2D eigenvalue weighted by atomic mass is 9.97. The monoisotopic (exact) mass is 1030 g/mol. The summed E-state index contributed by atoms with van der Waals surface area (Å²) in [7, 11) is 0. The van der Waals surface area contributed by atoms with Crippen molar-refractivity contribution in [1.82, 2.24) is 5.32 Å². The summed E-state index contributed by atoms with van der Waals surface area (Å²) in [5.74, 6) is -0.260. The first-order valence-electron chi connectivity index (χ1n) is 28.3. The van der Waals surface area contributed by atoms with Crippen molar-refractivity contribution >= 4 is 5.91 Å². The number of unbranched alkanes of at least 4 members (excludes halogenated alkanes) is 18. The van der Waals surface area contributed by atoms with Crippen LogP contribution in [0.25, 0.3) is 0 Å². The van der Waals surface area contributed by atoms with E-state index >= 15 is 0 Å². The van der Waals surface area contributed by atoms with Crippen LogP contribution in [0.2, 0.25) is 0 Å². The third-order valence-corrected chi connectivity index (χ3v) is 13.3. The predicted molar refractivity (Wildman–Crippen MR) is 290 cm³/mol. The molecule has 420 valence electrons. The molecule has 2 aliphatic heterocycles. The van der Waals surface area contributed by atoms with Gasteiger partial charge in [-0.05, 0) is 83.5 Å². The first kappa shape index (κ1) is 66.3. The molecule has 0 bridgehead atoms. The molecular formula is C59H101NO13. The zero-order valence-corrected chi connectivity index (χ0v) is 44.8. The van der Waals surface area contributed by atoms with Crippen molar-refractivity contribution in [2.24, 2.45) is 0 Å². The van der Waals surface area contributed by atoms with Gasteiger partial charge in [0, 0.05) is 6.42 Å². The van der Waals surface area contributed by atoms with Gasteiger partial charge in [-0.3, -0.25) is 4.79 Å². The number of aliphatic hydroxyl groups excluding tert-OH is 8. The van der Waals surface area contributed by atoms with Crippen LogP contribution in [-0.2, 0) is 23.7 Å². The van der Waals surface area contributed by atoms with E-state index in [0.717, 1.165) is 77.0 Å². The lowest BCUT2D eigenvalue weighted by molar-refractivity contribution is -0.359. The largest absolute Gasteiger partial charge is 0.394 e. The molecule has 1 amide bonds. The maximum absolute atomic E-state index is 13.2. The van der Waals surface area contributed by atoms with Crippen molar-refractivity contribution in [3.05, 3.63) is 85.1 Å². The van der Waals surface area contributed by atoms with E-state index in [1.54, 1.807) is 6.08 Å². The molecule has 0 aromatic heterocycles. The third kappa shape index (κ3) is 30.5. The SMILES string of the molecule is CC/C=C\C/C=C\C/C=C\C/C=C\CCCCCCCCCCCCCCC(=O)NC(COC1OC(CO)C(OC2OC(CO)C(O)C(O)C2O)C(O)C1O)C(O)/C=C/CC/C=C/CC/C=C/CCCCCC. The van der Waals surface area contributed by atoms with Crippen LogP contribution in [0.1, 0.15) is 187 Å². The van der Waals surface area contributed by atoms with E-state index in [1.807, 2.05) is 6.08 Å². The number of hydrogen-bond donors (Lipinski definition) is 9. The van der Waals surface area contributed by atoms with Gasteiger partial charge in [0.05, 0.1) is 32.0 Å². The normalized spacial score (nSPS) is 26.1. The van der Waals surface area contributed by atoms with E-state index in [0.29, 0.717) is 12.8 Å². The molecule has 14 nitrogen and oxygen atoms in total. The Labute approximate surface area is 440 Å². The Morgan fingerprint density at radius 3 is 1.51 bits per heavy atom. The second-order valence-electron chi connectivity index (χ2n) is 19.7. The van der Waals surface area contributed by atoms with Gasteiger partial charge in [-0.2, -0.15) is 0 Å². The highest BCUT2D eigenvalue weighted by Gasteiger charge is 2.51. The van der Waals surface area contributed by atoms with Gasteiger partial charge in [-0.25, -0.2) is 0 Å². The van der Waals surface area contributed by atoms with Crippen molar-refractivity contribution in [3.63, 3.8) is 0 Å². The van der Waals surface area contributed by atoms with E-state index in [9.17, 15) is 45.6 Å². The van der Waals surface area contributed by atoms with Crippen molar-refractivity contribution < 1.29 is 64.6 Å². The maximum Gasteiger partial charge on any atom is 0.220 e. The minimum Gasteiger partial charge on any atom is -0.394 e. The summed E-state index contributed by atoms with van der Waals surface area (Å²) in [6.45, 7) is 2.62. The Morgan fingerprint density at radius 1 is 0.507 bits per heavy atom. The van der Waals surface area contributed by atoms with Gasteiger partial charge in [0.25, 0.3) is 0 Å². The minimum atomic E-state index is -1.80. The van der Waals surface area contributed by atoms with Gasteiger partial charge in [0.15, 0.2) is 12.6 Å². The number of hydrogen-bond acceptors (Lipinski definition) is 13. The Kier molecular flexibility index (Phi) is 40.2. The van der Waals surface area contributed by atoms with Crippen LogP contribution in [-0.4, -0.2) is 140 Å². The van der Waals surface area contributed by atoms with E-state index < -0.39 is 86.8 Å². The molecule has 0 aromatic rings. The summed E-state index contributed by atoms with van der Waals surface area (Å²) in [6, 6.07) is -0.942. The number of amides is 1. The molecule has 2 saturated heterocycles. The van der Waals surface area contributed by atoms with Gasteiger partial charge in [-0.1, -0.05) is 182 Å². The van der Waals surface area contributed by atoms with Crippen molar-refractivity contribution in [3.8, 4) is 0 Å². The van der Waals surface area contributed by atoms with Crippen molar-refractivity contribution in [1.29, 1.82) is 0 Å². The number of ether oxygens (including phenoxy) is 4. The molecule has 0 radical (unpaired) electrons. The third-order valence-electron chi connectivity index (χ3n) is 13.3. The topological polar surface area (TPSA) is 228 Å². The smallest absolute Gasteiger partial charge is 0.220 e. The fraction of sp³-hybridized carbons (Fsp3) is 0.746. The molecule has 14 heteroatoms. The molecule has 0 saturated carbocycles. The summed E-state index contributed by atoms with van der Waals surface area (Å²) in [4.78, 5) is 13.2. The van der Waals surface area contributed by atoms with Gasteiger partial charge < -0.3 is 65.1 Å². The predicted octanol–water partition coefficient (Wildman–Crippen LogP) is 8.94. The Hall–Kier alpha value is -2.83. The number of allylic oxidation sites excluding steroid dienone is 13. The first-order valence-corrected chi connectivity index (χ1v) is 28.3. The van der Waals surface area contributed by atoms with Crippen LogP contribution in [0.3, 0.4) is 0 Å². The molecule has 2 heterocycles. The Morgan fingerprint density at radius 2 is 0.959 bits per heavy atom. The zero-order valence-electron chi connectivity index (χ0n) is 44.8. The number of carbonyl (C=O) groups is 1. The molecule has 0 spiro atoms. The lowest BCUT2D eigenvalue weighted by Crippen LogP contribution is -2.65. The molecular weight excluding hydrogens is 931 g/mol. The highest BCUT2D eigenvalue weighted by atomic mass is 16.7. The fourth-order valence-electron chi connectivity index (χ4n) is 8.72. The first-order chi connectivity index (χ1) is 35.6. The summed E-state index contributed by atoms with van der Waals surface area (Å²) < 4.78 is 22.7. The van der Waals surface area contributed by atoms with Gasteiger partial charge in [-0.15, -0.1) is 0 Å². The summed E-state index contributed by atoms with van der Waals surface area (Å²) >= 11 is 0. The zero-order chi connectivity index (χ0) is 53.2. The van der Waals surface area contributed by atoms with E-state index in [-0.39, 0.29) is 18.9 Å². The number of rotatable bonds is 43. The average Bonchev–Trinajstić information content (AvgIpc) is 3.39. The highest BCUT2D eigenvalue weighted by molar-refractivity contribution is 5.76. The summed E-state index contributed by atoms with van der Waals surface area (Å²) in [6.07, 6.45) is 41.9. The Balaban J connectivity index is 1.77. The van der Waals surface area contributed by atoms with Gasteiger partial charge in [0.2, 0.25) is 5.91 Å². The van der Waals surface area contributed by atoms with Crippen LogP contribution < -0.4 is 5.32 Å². The van der Waals surface area contributed by atoms with Crippen LogP contribution >= 0.6 is 0 Å². The standard InChI is InChI=1S/C59H101NO13/c1-3-5-7-9-11-13-15-17-19-20-21-22-23-24-25-26-27-28-29-31-33-35-37-39-41-43-51(64)60-47(48(63)42-40-38-36-34-32-30-18-16-14-12-10-8-6-4-2)46-70-58-56(69)54(67)57(50(45-62)72-58)73-59-55(68)53(66)52(65)49(44-61)71-59/h5,7,11,13-14,16-17,19,21-22,32,34,40,42,47-50,52-59,61-63,65-69H,3-4,6,8-10,12,15,18,20,23-31,33,35-39,41,43-46H2,1-2H3,(H,60,64)/b7-5-,13-11-,16-14+,19-17-,22-21-,34-32+,42-40+. The summed E-state index contributed by atoms with van der Waals surface area (Å²) in [5, 5.41) is 86.9. The molecule has 73 heavy (non-hydrogen) atoms. The van der Waals surface area contributed by atoms with Crippen molar-refractivity contribution in [2.45, 2.75) is 261 Å². The van der Waals surface area contributed by atoms with Crippen LogP contribution in [0.5, 0.6) is 0 Å². The van der Waals surface area contributed by atoms with E-state index in [4.69, 9.17) is 18.9 Å². The highest BCUT2D eigenvalue weighted by Crippen LogP contribution is 2.30. The van der Waals surface area contributed by atoms with Crippen LogP contribution in [0.4, 0.5) is 0 Å². The molecule has 2 fully saturated rings. The number of nitrogens with one attached hydrogen (secondary N) is 1. The Bertz CT molecular complexity index is 1550. The fourth-order valence-corrected chi connectivity index (χ4v) is 8.72. The second kappa shape index (κ2) is 44.3. The second-order valence-corrected chi connectivity index (χ2v) is 19.7. The van der Waals surface area contributed by atoms with Crippen molar-refractivity contribution in [2.75, 3.05) is 19.8 Å². The molecule has 0 aromatic carbocycles. The lowest BCUT2D eigenvalue weighted by Gasteiger charge is -2.46. The molecule has 2 aliphatic rings. The molecule has 12 atom stereocenters. The molecule has 0 aliphatic carbocycles. The minimum absolute atomic E-state index is 0.260. The average molecular weight is 1030 g/mol. The number of carbonyl (C=O) groups excluding carboxylic acids is 1. The summed E-state index contributed by atoms with van der Waals surface area (Å²) in [5.41, 5.74) is 0. The van der Waals surface area contributed by atoms with Crippen LogP contribution in [0, 0.1) is 0 Å².